The summed E-state index contributed by atoms with van der Waals surface area (Å²) in [5.41, 5.74) is 9.45. The molecule has 0 spiro atoms. The number of nitrogens with two attached hydrogens (primary N) is 1. The average Bonchev–Trinajstić information content (AvgIpc) is 2.76. The van der Waals surface area contributed by atoms with E-state index in [-0.39, 0.29) is 0 Å². The summed E-state index contributed by atoms with van der Waals surface area (Å²) in [5.74, 6) is 0.575. The molecule has 0 fully saturated rings. The maximum absolute atomic E-state index is 6.14. The van der Waals surface area contributed by atoms with Crippen LogP contribution in [0.25, 0.3) is 22.4 Å². The third-order valence-corrected chi connectivity index (χ3v) is 3.27. The SMILES string of the molecule is Cn1nc(-c2cncnc2)c(-c2cccc(Cl)c2)c1N. The Morgan fingerprint density at radius 3 is 2.60 bits per heavy atom. The second kappa shape index (κ2) is 4.94. The Labute approximate surface area is 121 Å². The molecule has 3 rings (SSSR count). The van der Waals surface area contributed by atoms with E-state index in [1.54, 1.807) is 24.1 Å². The van der Waals surface area contributed by atoms with Crippen LogP contribution in [0.2, 0.25) is 5.02 Å². The number of halogens is 1. The van der Waals surface area contributed by atoms with Gasteiger partial charge in [-0.3, -0.25) is 4.68 Å². The van der Waals surface area contributed by atoms with Crippen LogP contribution in [-0.4, -0.2) is 19.7 Å². The van der Waals surface area contributed by atoms with Gasteiger partial charge in [0.2, 0.25) is 0 Å². The quantitative estimate of drug-likeness (QED) is 0.786. The summed E-state index contributed by atoms with van der Waals surface area (Å²) in [7, 11) is 1.80. The fourth-order valence-corrected chi connectivity index (χ4v) is 2.28. The highest BCUT2D eigenvalue weighted by atomic mass is 35.5. The lowest BCUT2D eigenvalue weighted by atomic mass is 10.0. The zero-order valence-electron chi connectivity index (χ0n) is 10.8. The molecule has 0 bridgehead atoms. The minimum absolute atomic E-state index is 0.575. The molecule has 0 unspecified atom stereocenters. The summed E-state index contributed by atoms with van der Waals surface area (Å²) in [6.45, 7) is 0. The number of hydrogen-bond acceptors (Lipinski definition) is 4. The molecular weight excluding hydrogens is 274 g/mol. The molecular formula is C14H12ClN5. The second-order valence-corrected chi connectivity index (χ2v) is 4.81. The molecule has 0 radical (unpaired) electrons. The van der Waals surface area contributed by atoms with Crippen LogP contribution in [0, 0.1) is 0 Å². The van der Waals surface area contributed by atoms with Crippen LogP contribution < -0.4 is 5.73 Å². The molecule has 0 aliphatic rings. The van der Waals surface area contributed by atoms with Gasteiger partial charge in [0.15, 0.2) is 0 Å². The van der Waals surface area contributed by atoms with Crippen molar-refractivity contribution in [3.05, 3.63) is 48.0 Å². The summed E-state index contributed by atoms with van der Waals surface area (Å²) < 4.78 is 1.64. The molecule has 2 N–H and O–H groups in total. The lowest BCUT2D eigenvalue weighted by Gasteiger charge is -2.04. The molecule has 0 saturated heterocycles. The lowest BCUT2D eigenvalue weighted by molar-refractivity contribution is 0.782. The van der Waals surface area contributed by atoms with Gasteiger partial charge < -0.3 is 5.73 Å². The Kier molecular flexibility index (Phi) is 3.12. The maximum Gasteiger partial charge on any atom is 0.129 e. The largest absolute Gasteiger partial charge is 0.383 e. The normalized spacial score (nSPS) is 10.7. The molecule has 2 heterocycles. The van der Waals surface area contributed by atoms with E-state index in [0.717, 1.165) is 22.4 Å². The van der Waals surface area contributed by atoms with Gasteiger partial charge in [0.05, 0.1) is 5.56 Å². The number of hydrogen-bond donors (Lipinski definition) is 1. The smallest absolute Gasteiger partial charge is 0.129 e. The van der Waals surface area contributed by atoms with Crippen molar-refractivity contribution in [3.8, 4) is 22.4 Å². The first-order valence-corrected chi connectivity index (χ1v) is 6.38. The molecule has 1 aromatic carbocycles. The number of aromatic nitrogens is 4. The highest BCUT2D eigenvalue weighted by molar-refractivity contribution is 6.30. The van der Waals surface area contributed by atoms with Crippen LogP contribution in [-0.2, 0) is 7.05 Å². The van der Waals surface area contributed by atoms with Gasteiger partial charge in [-0.15, -0.1) is 0 Å². The number of anilines is 1. The van der Waals surface area contributed by atoms with Crippen LogP contribution in [0.15, 0.2) is 43.0 Å². The van der Waals surface area contributed by atoms with Crippen LogP contribution in [0.4, 0.5) is 5.82 Å². The minimum Gasteiger partial charge on any atom is -0.383 e. The van der Waals surface area contributed by atoms with E-state index < -0.39 is 0 Å². The molecule has 20 heavy (non-hydrogen) atoms. The first kappa shape index (κ1) is 12.6. The van der Waals surface area contributed by atoms with Gasteiger partial charge in [0.25, 0.3) is 0 Å². The number of rotatable bonds is 2. The highest BCUT2D eigenvalue weighted by Gasteiger charge is 2.17. The van der Waals surface area contributed by atoms with E-state index in [9.17, 15) is 0 Å². The van der Waals surface area contributed by atoms with E-state index >= 15 is 0 Å². The van der Waals surface area contributed by atoms with Crippen LogP contribution in [0.1, 0.15) is 0 Å². The molecule has 100 valence electrons. The van der Waals surface area contributed by atoms with Gasteiger partial charge in [-0.1, -0.05) is 23.7 Å². The lowest BCUT2D eigenvalue weighted by Crippen LogP contribution is -1.97. The van der Waals surface area contributed by atoms with Crippen molar-refractivity contribution in [1.82, 2.24) is 19.7 Å². The predicted octanol–water partition coefficient (Wildman–Crippen LogP) is 2.78. The number of nitrogen functional groups attached to an aromatic ring is 1. The average molecular weight is 286 g/mol. The fraction of sp³-hybridized carbons (Fsp3) is 0.0714. The van der Waals surface area contributed by atoms with Crippen molar-refractivity contribution in [2.75, 3.05) is 5.73 Å². The maximum atomic E-state index is 6.14. The van der Waals surface area contributed by atoms with Crippen molar-refractivity contribution in [3.63, 3.8) is 0 Å². The van der Waals surface area contributed by atoms with E-state index in [4.69, 9.17) is 17.3 Å². The number of aryl methyl sites for hydroxylation is 1. The zero-order valence-corrected chi connectivity index (χ0v) is 11.5. The van der Waals surface area contributed by atoms with Crippen molar-refractivity contribution in [1.29, 1.82) is 0 Å². The molecule has 0 atom stereocenters. The van der Waals surface area contributed by atoms with E-state index in [2.05, 4.69) is 15.1 Å². The highest BCUT2D eigenvalue weighted by Crippen LogP contribution is 2.36. The van der Waals surface area contributed by atoms with E-state index in [1.807, 2.05) is 24.3 Å². The monoisotopic (exact) mass is 285 g/mol. The molecule has 0 aliphatic carbocycles. The third-order valence-electron chi connectivity index (χ3n) is 3.04. The first-order valence-electron chi connectivity index (χ1n) is 6.00. The molecule has 5 nitrogen and oxygen atoms in total. The third kappa shape index (κ3) is 2.12. The summed E-state index contributed by atoms with van der Waals surface area (Å²) in [6.07, 6.45) is 4.90. The Morgan fingerprint density at radius 2 is 1.90 bits per heavy atom. The summed E-state index contributed by atoms with van der Waals surface area (Å²) in [4.78, 5) is 8.05. The topological polar surface area (TPSA) is 69.6 Å². The Bertz CT molecular complexity index is 752. The molecule has 6 heteroatoms. The van der Waals surface area contributed by atoms with Gasteiger partial charge in [0, 0.05) is 30.0 Å². The van der Waals surface area contributed by atoms with Crippen LogP contribution in [0.5, 0.6) is 0 Å². The Balaban J connectivity index is 2.25. The molecule has 2 aromatic heterocycles. The molecule has 0 saturated carbocycles. The number of benzene rings is 1. The zero-order chi connectivity index (χ0) is 14.1. The summed E-state index contributed by atoms with van der Waals surface area (Å²) in [5, 5.41) is 5.11. The molecule has 0 aliphatic heterocycles. The predicted molar refractivity (Wildman–Crippen MR) is 79.1 cm³/mol. The summed E-state index contributed by atoms with van der Waals surface area (Å²) >= 11 is 6.06. The van der Waals surface area contributed by atoms with Crippen molar-refractivity contribution >= 4 is 17.4 Å². The van der Waals surface area contributed by atoms with Crippen molar-refractivity contribution < 1.29 is 0 Å². The molecule has 3 aromatic rings. The van der Waals surface area contributed by atoms with Crippen molar-refractivity contribution in [2.45, 2.75) is 0 Å². The second-order valence-electron chi connectivity index (χ2n) is 4.37. The van der Waals surface area contributed by atoms with Crippen LogP contribution in [0.3, 0.4) is 0 Å². The fourth-order valence-electron chi connectivity index (χ4n) is 2.09. The van der Waals surface area contributed by atoms with E-state index in [0.29, 0.717) is 10.8 Å². The number of nitrogens with zero attached hydrogens (tertiary/aromatic N) is 4. The Hall–Kier alpha value is -2.40. The van der Waals surface area contributed by atoms with Gasteiger partial charge in [-0.25, -0.2) is 9.97 Å². The van der Waals surface area contributed by atoms with E-state index in [1.165, 1.54) is 6.33 Å². The van der Waals surface area contributed by atoms with Gasteiger partial charge in [-0.05, 0) is 17.7 Å². The van der Waals surface area contributed by atoms with Gasteiger partial charge in [-0.2, -0.15) is 5.10 Å². The van der Waals surface area contributed by atoms with Crippen LogP contribution >= 0.6 is 11.6 Å². The van der Waals surface area contributed by atoms with Gasteiger partial charge >= 0.3 is 0 Å². The Morgan fingerprint density at radius 1 is 1.15 bits per heavy atom. The van der Waals surface area contributed by atoms with Gasteiger partial charge in [0.1, 0.15) is 17.8 Å². The van der Waals surface area contributed by atoms with Crippen molar-refractivity contribution in [2.24, 2.45) is 7.05 Å². The molecule has 0 amide bonds. The first-order chi connectivity index (χ1) is 9.66. The standard InChI is InChI=1S/C14H12ClN5/c1-20-14(16)12(9-3-2-4-11(15)5-9)13(19-20)10-6-17-8-18-7-10/h2-8H,16H2,1H3. The summed E-state index contributed by atoms with van der Waals surface area (Å²) in [6, 6.07) is 7.52. The minimum atomic E-state index is 0.575.